The molecule has 0 saturated heterocycles. The molecule has 1 aromatic carbocycles. The third kappa shape index (κ3) is 5.21. The summed E-state index contributed by atoms with van der Waals surface area (Å²) in [6.45, 7) is 3.10. The SMILES string of the molecule is CCCCNC(=O)c1cccc(C(=O)NCc2ccccc2)n1. The van der Waals surface area contributed by atoms with Crippen LogP contribution in [0.1, 0.15) is 46.3 Å². The van der Waals surface area contributed by atoms with Crippen molar-refractivity contribution in [1.29, 1.82) is 0 Å². The van der Waals surface area contributed by atoms with Crippen molar-refractivity contribution in [1.82, 2.24) is 15.6 Å². The van der Waals surface area contributed by atoms with Crippen molar-refractivity contribution in [3.05, 3.63) is 65.5 Å². The molecule has 23 heavy (non-hydrogen) atoms. The summed E-state index contributed by atoms with van der Waals surface area (Å²) in [5.41, 5.74) is 1.51. The number of benzene rings is 1. The fourth-order valence-corrected chi connectivity index (χ4v) is 2.03. The number of amides is 2. The smallest absolute Gasteiger partial charge is 0.270 e. The molecule has 5 nitrogen and oxygen atoms in total. The Bertz CT molecular complexity index is 656. The predicted molar refractivity (Wildman–Crippen MR) is 89.1 cm³/mol. The van der Waals surface area contributed by atoms with Crippen LogP contribution in [0.15, 0.2) is 48.5 Å². The van der Waals surface area contributed by atoms with Gasteiger partial charge < -0.3 is 10.6 Å². The second-order valence-corrected chi connectivity index (χ2v) is 5.19. The Hall–Kier alpha value is -2.69. The quantitative estimate of drug-likeness (QED) is 0.772. The first-order valence-electron chi connectivity index (χ1n) is 7.78. The van der Waals surface area contributed by atoms with Gasteiger partial charge in [-0.15, -0.1) is 0 Å². The summed E-state index contributed by atoms with van der Waals surface area (Å²) >= 11 is 0. The lowest BCUT2D eigenvalue weighted by Gasteiger charge is -2.07. The molecule has 0 aliphatic carbocycles. The molecule has 2 aromatic rings. The van der Waals surface area contributed by atoms with Gasteiger partial charge in [0.15, 0.2) is 0 Å². The number of aromatic nitrogens is 1. The van der Waals surface area contributed by atoms with Crippen molar-refractivity contribution < 1.29 is 9.59 Å². The van der Waals surface area contributed by atoms with Crippen LogP contribution in [-0.4, -0.2) is 23.3 Å². The van der Waals surface area contributed by atoms with Gasteiger partial charge in [-0.05, 0) is 24.1 Å². The van der Waals surface area contributed by atoms with Gasteiger partial charge in [-0.3, -0.25) is 9.59 Å². The van der Waals surface area contributed by atoms with Crippen molar-refractivity contribution in [2.24, 2.45) is 0 Å². The second kappa shape index (κ2) is 8.68. The molecule has 0 bridgehead atoms. The van der Waals surface area contributed by atoms with Crippen molar-refractivity contribution >= 4 is 11.8 Å². The van der Waals surface area contributed by atoms with Crippen LogP contribution in [0.25, 0.3) is 0 Å². The monoisotopic (exact) mass is 311 g/mol. The van der Waals surface area contributed by atoms with Gasteiger partial charge in [0.1, 0.15) is 11.4 Å². The van der Waals surface area contributed by atoms with E-state index in [0.717, 1.165) is 18.4 Å². The molecule has 2 rings (SSSR count). The summed E-state index contributed by atoms with van der Waals surface area (Å²) in [5.74, 6) is -0.548. The first-order chi connectivity index (χ1) is 11.2. The highest BCUT2D eigenvalue weighted by molar-refractivity contribution is 5.96. The van der Waals surface area contributed by atoms with Gasteiger partial charge in [-0.1, -0.05) is 49.7 Å². The molecule has 120 valence electrons. The maximum absolute atomic E-state index is 12.1. The number of pyridine rings is 1. The molecule has 0 aliphatic rings. The van der Waals surface area contributed by atoms with E-state index in [2.05, 4.69) is 22.5 Å². The number of hydrogen-bond donors (Lipinski definition) is 2. The zero-order valence-corrected chi connectivity index (χ0v) is 13.2. The molecule has 5 heteroatoms. The van der Waals surface area contributed by atoms with E-state index in [1.165, 1.54) is 0 Å². The molecule has 0 atom stereocenters. The minimum absolute atomic E-state index is 0.240. The number of carbonyl (C=O) groups is 2. The zero-order chi connectivity index (χ0) is 16.5. The second-order valence-electron chi connectivity index (χ2n) is 5.19. The lowest BCUT2D eigenvalue weighted by molar-refractivity contribution is 0.0942. The van der Waals surface area contributed by atoms with Crippen LogP contribution < -0.4 is 10.6 Å². The van der Waals surface area contributed by atoms with Crippen LogP contribution in [-0.2, 0) is 6.54 Å². The number of nitrogens with one attached hydrogen (secondary N) is 2. The maximum atomic E-state index is 12.1. The predicted octanol–water partition coefficient (Wildman–Crippen LogP) is 2.54. The number of unbranched alkanes of at least 4 members (excludes halogenated alkanes) is 1. The van der Waals surface area contributed by atoms with E-state index < -0.39 is 0 Å². The lowest BCUT2D eigenvalue weighted by atomic mass is 10.2. The average molecular weight is 311 g/mol. The van der Waals surface area contributed by atoms with Gasteiger partial charge >= 0.3 is 0 Å². The molecule has 0 fully saturated rings. The minimum Gasteiger partial charge on any atom is -0.351 e. The molecule has 1 aromatic heterocycles. The summed E-state index contributed by atoms with van der Waals surface area (Å²) in [5, 5.41) is 5.59. The molecule has 2 amide bonds. The Labute approximate surface area is 136 Å². The third-order valence-electron chi connectivity index (χ3n) is 3.33. The average Bonchev–Trinajstić information content (AvgIpc) is 2.61. The molecule has 2 N–H and O–H groups in total. The van der Waals surface area contributed by atoms with E-state index in [-0.39, 0.29) is 23.2 Å². The van der Waals surface area contributed by atoms with E-state index >= 15 is 0 Å². The van der Waals surface area contributed by atoms with Crippen LogP contribution in [0.2, 0.25) is 0 Å². The van der Waals surface area contributed by atoms with Gasteiger partial charge in [0, 0.05) is 13.1 Å². The number of rotatable bonds is 7. The van der Waals surface area contributed by atoms with E-state index in [9.17, 15) is 9.59 Å². The van der Waals surface area contributed by atoms with Crippen molar-refractivity contribution in [3.63, 3.8) is 0 Å². The molecular weight excluding hydrogens is 290 g/mol. The fraction of sp³-hybridized carbons (Fsp3) is 0.278. The number of hydrogen-bond acceptors (Lipinski definition) is 3. The van der Waals surface area contributed by atoms with Crippen LogP contribution in [0.5, 0.6) is 0 Å². The standard InChI is InChI=1S/C18H21N3O2/c1-2-3-12-19-17(22)15-10-7-11-16(21-15)18(23)20-13-14-8-5-4-6-9-14/h4-11H,2-3,12-13H2,1H3,(H,19,22)(H,20,23). The highest BCUT2D eigenvalue weighted by atomic mass is 16.2. The van der Waals surface area contributed by atoms with E-state index in [0.29, 0.717) is 13.1 Å². The van der Waals surface area contributed by atoms with Gasteiger partial charge in [-0.25, -0.2) is 4.98 Å². The van der Waals surface area contributed by atoms with Gasteiger partial charge in [0.2, 0.25) is 0 Å². The third-order valence-corrected chi connectivity index (χ3v) is 3.33. The van der Waals surface area contributed by atoms with Gasteiger partial charge in [0.25, 0.3) is 11.8 Å². The topological polar surface area (TPSA) is 71.1 Å². The molecule has 0 aliphatic heterocycles. The largest absolute Gasteiger partial charge is 0.351 e. The molecular formula is C18H21N3O2. The Balaban J connectivity index is 1.95. The number of nitrogens with zero attached hydrogens (tertiary/aromatic N) is 1. The summed E-state index contributed by atoms with van der Waals surface area (Å²) in [6.07, 6.45) is 1.93. The van der Waals surface area contributed by atoms with Crippen molar-refractivity contribution in [3.8, 4) is 0 Å². The van der Waals surface area contributed by atoms with E-state index in [1.54, 1.807) is 18.2 Å². The zero-order valence-electron chi connectivity index (χ0n) is 13.2. The molecule has 1 heterocycles. The minimum atomic E-state index is -0.294. The van der Waals surface area contributed by atoms with Crippen LogP contribution in [0, 0.1) is 0 Å². The fourth-order valence-electron chi connectivity index (χ4n) is 2.03. The first-order valence-corrected chi connectivity index (χ1v) is 7.78. The Morgan fingerprint density at radius 1 is 0.913 bits per heavy atom. The highest BCUT2D eigenvalue weighted by Gasteiger charge is 2.11. The maximum Gasteiger partial charge on any atom is 0.270 e. The van der Waals surface area contributed by atoms with Gasteiger partial charge in [0.05, 0.1) is 0 Å². The first kappa shape index (κ1) is 16.7. The van der Waals surface area contributed by atoms with Crippen LogP contribution in [0.3, 0.4) is 0 Å². The summed E-state index contributed by atoms with van der Waals surface area (Å²) in [6, 6.07) is 14.5. The molecule has 0 unspecified atom stereocenters. The van der Waals surface area contributed by atoms with Crippen molar-refractivity contribution in [2.75, 3.05) is 6.54 Å². The Morgan fingerprint density at radius 2 is 1.57 bits per heavy atom. The van der Waals surface area contributed by atoms with Gasteiger partial charge in [-0.2, -0.15) is 0 Å². The molecule has 0 radical (unpaired) electrons. The van der Waals surface area contributed by atoms with Crippen LogP contribution in [0.4, 0.5) is 0 Å². The van der Waals surface area contributed by atoms with Crippen molar-refractivity contribution in [2.45, 2.75) is 26.3 Å². The van der Waals surface area contributed by atoms with Crippen LogP contribution >= 0.6 is 0 Å². The lowest BCUT2D eigenvalue weighted by Crippen LogP contribution is -2.28. The number of carbonyl (C=O) groups excluding carboxylic acids is 2. The summed E-state index contributed by atoms with van der Waals surface area (Å²) < 4.78 is 0. The summed E-state index contributed by atoms with van der Waals surface area (Å²) in [7, 11) is 0. The summed E-state index contributed by atoms with van der Waals surface area (Å²) in [4.78, 5) is 28.3. The van der Waals surface area contributed by atoms with E-state index in [1.807, 2.05) is 30.3 Å². The highest BCUT2D eigenvalue weighted by Crippen LogP contribution is 2.02. The molecule has 0 saturated carbocycles. The Morgan fingerprint density at radius 3 is 2.22 bits per heavy atom. The Kier molecular flexibility index (Phi) is 6.29. The van der Waals surface area contributed by atoms with E-state index in [4.69, 9.17) is 0 Å². The molecule has 0 spiro atoms. The normalized spacial score (nSPS) is 10.1.